The molecule has 0 aromatic carbocycles. The van der Waals surface area contributed by atoms with E-state index in [0.717, 1.165) is 25.9 Å². The summed E-state index contributed by atoms with van der Waals surface area (Å²) in [6, 6.07) is 0. The molecule has 2 saturated heterocycles. The fraction of sp³-hybridized carbons (Fsp3) is 0.818. The van der Waals surface area contributed by atoms with Crippen molar-refractivity contribution >= 4 is 0 Å². The van der Waals surface area contributed by atoms with E-state index in [1.165, 1.54) is 12.0 Å². The van der Waals surface area contributed by atoms with Gasteiger partial charge in [-0.25, -0.2) is 0 Å². The quantitative estimate of drug-likeness (QED) is 0.627. The van der Waals surface area contributed by atoms with Crippen LogP contribution in [0.25, 0.3) is 0 Å². The predicted octanol–water partition coefficient (Wildman–Crippen LogP) is 1.80. The van der Waals surface area contributed by atoms with Gasteiger partial charge in [0.2, 0.25) is 0 Å². The second-order valence-electron chi connectivity index (χ2n) is 3.83. The summed E-state index contributed by atoms with van der Waals surface area (Å²) in [7, 11) is 0. The maximum Gasteiger partial charge on any atom is 0.0618 e. The molecule has 0 bridgehead atoms. The number of rotatable bonds is 1. The fourth-order valence-corrected chi connectivity index (χ4v) is 2.47. The number of aliphatic hydroxyl groups excluding tert-OH is 1. The molecule has 0 aliphatic carbocycles. The first kappa shape index (κ1) is 10.7. The lowest BCUT2D eigenvalue weighted by Crippen LogP contribution is -2.41. The molecule has 2 rings (SSSR count). The summed E-state index contributed by atoms with van der Waals surface area (Å²) >= 11 is 0. The van der Waals surface area contributed by atoms with E-state index in [1.807, 2.05) is 13.8 Å². The SMILES string of the molecule is C=C1CN2CCC[C@@]2(CO)C1.CC. The minimum absolute atomic E-state index is 0.108. The number of hydrogen-bond acceptors (Lipinski definition) is 2. The van der Waals surface area contributed by atoms with E-state index in [0.29, 0.717) is 6.61 Å². The van der Waals surface area contributed by atoms with Crippen LogP contribution in [0.15, 0.2) is 12.2 Å². The molecule has 2 aliphatic heterocycles. The Kier molecular flexibility index (Phi) is 3.51. The van der Waals surface area contributed by atoms with Gasteiger partial charge in [-0.1, -0.05) is 26.0 Å². The number of aliphatic hydroxyl groups is 1. The van der Waals surface area contributed by atoms with Gasteiger partial charge in [-0.2, -0.15) is 0 Å². The van der Waals surface area contributed by atoms with Crippen molar-refractivity contribution in [2.75, 3.05) is 19.7 Å². The molecule has 2 aliphatic rings. The third-order valence-corrected chi connectivity index (χ3v) is 3.03. The van der Waals surface area contributed by atoms with Crippen molar-refractivity contribution in [1.82, 2.24) is 4.90 Å². The number of fused-ring (bicyclic) bond motifs is 1. The van der Waals surface area contributed by atoms with Crippen molar-refractivity contribution in [2.24, 2.45) is 0 Å². The molecule has 13 heavy (non-hydrogen) atoms. The van der Waals surface area contributed by atoms with Crippen molar-refractivity contribution in [2.45, 2.75) is 38.6 Å². The Labute approximate surface area is 81.2 Å². The van der Waals surface area contributed by atoms with Gasteiger partial charge in [0.1, 0.15) is 0 Å². The van der Waals surface area contributed by atoms with Crippen molar-refractivity contribution in [1.29, 1.82) is 0 Å². The molecule has 1 N–H and O–H groups in total. The number of hydrogen-bond donors (Lipinski definition) is 1. The lowest BCUT2D eigenvalue weighted by Gasteiger charge is -2.28. The first-order valence-corrected chi connectivity index (χ1v) is 5.29. The van der Waals surface area contributed by atoms with Crippen molar-refractivity contribution < 1.29 is 5.11 Å². The third-order valence-electron chi connectivity index (χ3n) is 3.03. The molecule has 2 heteroatoms. The zero-order chi connectivity index (χ0) is 9.90. The zero-order valence-corrected chi connectivity index (χ0v) is 8.84. The maximum absolute atomic E-state index is 9.26. The Morgan fingerprint density at radius 3 is 2.77 bits per heavy atom. The summed E-state index contributed by atoms with van der Waals surface area (Å²) in [5, 5.41) is 9.26. The molecule has 0 spiro atoms. The van der Waals surface area contributed by atoms with E-state index < -0.39 is 0 Å². The molecule has 0 aromatic heterocycles. The highest BCUT2D eigenvalue weighted by Crippen LogP contribution is 2.39. The molecular formula is C11H21NO. The van der Waals surface area contributed by atoms with Crippen LogP contribution in [0, 0.1) is 0 Å². The smallest absolute Gasteiger partial charge is 0.0618 e. The van der Waals surface area contributed by atoms with Gasteiger partial charge in [-0.05, 0) is 25.8 Å². The zero-order valence-electron chi connectivity index (χ0n) is 8.84. The van der Waals surface area contributed by atoms with Gasteiger partial charge in [-0.15, -0.1) is 0 Å². The highest BCUT2D eigenvalue weighted by atomic mass is 16.3. The van der Waals surface area contributed by atoms with Gasteiger partial charge in [0.15, 0.2) is 0 Å². The molecule has 0 saturated carbocycles. The van der Waals surface area contributed by atoms with Crippen LogP contribution >= 0.6 is 0 Å². The van der Waals surface area contributed by atoms with Gasteiger partial charge in [0.25, 0.3) is 0 Å². The molecule has 1 atom stereocenters. The highest BCUT2D eigenvalue weighted by Gasteiger charge is 2.44. The van der Waals surface area contributed by atoms with Crippen LogP contribution in [0.5, 0.6) is 0 Å². The first-order valence-electron chi connectivity index (χ1n) is 5.29. The number of nitrogens with zero attached hydrogens (tertiary/aromatic N) is 1. The van der Waals surface area contributed by atoms with Crippen LogP contribution in [0.2, 0.25) is 0 Å². The Hall–Kier alpha value is -0.340. The molecular weight excluding hydrogens is 162 g/mol. The van der Waals surface area contributed by atoms with Crippen LogP contribution in [-0.2, 0) is 0 Å². The molecule has 2 fully saturated rings. The lowest BCUT2D eigenvalue weighted by atomic mass is 9.94. The highest BCUT2D eigenvalue weighted by molar-refractivity contribution is 5.17. The largest absolute Gasteiger partial charge is 0.394 e. The van der Waals surface area contributed by atoms with Crippen molar-refractivity contribution in [3.8, 4) is 0 Å². The maximum atomic E-state index is 9.26. The molecule has 0 amide bonds. The molecule has 2 heterocycles. The third kappa shape index (κ3) is 1.79. The second kappa shape index (κ2) is 4.25. The Morgan fingerprint density at radius 2 is 2.23 bits per heavy atom. The van der Waals surface area contributed by atoms with E-state index in [-0.39, 0.29) is 5.54 Å². The fourth-order valence-electron chi connectivity index (χ4n) is 2.47. The van der Waals surface area contributed by atoms with Crippen molar-refractivity contribution in [3.63, 3.8) is 0 Å². The minimum Gasteiger partial charge on any atom is -0.394 e. The standard InChI is InChI=1S/C9H15NO.C2H6/c1-8-5-9(7-11)3-2-4-10(9)6-8;1-2/h11H,1-7H2;1-2H3/t9-;/m0./s1. The summed E-state index contributed by atoms with van der Waals surface area (Å²) < 4.78 is 0. The lowest BCUT2D eigenvalue weighted by molar-refractivity contribution is 0.1000. The van der Waals surface area contributed by atoms with Crippen LogP contribution in [0.4, 0.5) is 0 Å². The first-order chi connectivity index (χ1) is 6.27. The minimum atomic E-state index is 0.108. The Morgan fingerprint density at radius 1 is 1.54 bits per heavy atom. The van der Waals surface area contributed by atoms with E-state index in [1.54, 1.807) is 0 Å². The van der Waals surface area contributed by atoms with E-state index in [2.05, 4.69) is 11.5 Å². The van der Waals surface area contributed by atoms with Crippen molar-refractivity contribution in [3.05, 3.63) is 12.2 Å². The molecule has 0 aromatic rings. The average Bonchev–Trinajstić information content (AvgIpc) is 2.64. The summed E-state index contributed by atoms with van der Waals surface area (Å²) in [6.07, 6.45) is 3.42. The second-order valence-corrected chi connectivity index (χ2v) is 3.83. The summed E-state index contributed by atoms with van der Waals surface area (Å²) in [5.74, 6) is 0. The molecule has 2 nitrogen and oxygen atoms in total. The summed E-state index contributed by atoms with van der Waals surface area (Å²) in [4.78, 5) is 2.38. The van der Waals surface area contributed by atoms with Crippen LogP contribution < -0.4 is 0 Å². The van der Waals surface area contributed by atoms with Gasteiger partial charge in [0.05, 0.1) is 6.61 Å². The monoisotopic (exact) mass is 183 g/mol. The van der Waals surface area contributed by atoms with Gasteiger partial charge in [0, 0.05) is 12.1 Å². The van der Waals surface area contributed by atoms with Crippen LogP contribution in [0.1, 0.15) is 33.1 Å². The molecule has 76 valence electrons. The van der Waals surface area contributed by atoms with Crippen LogP contribution in [-0.4, -0.2) is 35.2 Å². The Balaban J connectivity index is 0.000000396. The molecule has 0 radical (unpaired) electrons. The van der Waals surface area contributed by atoms with E-state index in [9.17, 15) is 5.11 Å². The normalized spacial score (nSPS) is 32.7. The van der Waals surface area contributed by atoms with Gasteiger partial charge >= 0.3 is 0 Å². The predicted molar refractivity (Wildman–Crippen MR) is 55.7 cm³/mol. The average molecular weight is 183 g/mol. The summed E-state index contributed by atoms with van der Waals surface area (Å²) in [6.45, 7) is 10.5. The Bertz CT molecular complexity index is 191. The molecule has 0 unspecified atom stereocenters. The van der Waals surface area contributed by atoms with E-state index in [4.69, 9.17) is 0 Å². The topological polar surface area (TPSA) is 23.5 Å². The van der Waals surface area contributed by atoms with Gasteiger partial charge < -0.3 is 5.11 Å². The summed E-state index contributed by atoms with van der Waals surface area (Å²) in [5.41, 5.74) is 1.40. The van der Waals surface area contributed by atoms with E-state index >= 15 is 0 Å². The van der Waals surface area contributed by atoms with Gasteiger partial charge in [-0.3, -0.25) is 4.90 Å². The van der Waals surface area contributed by atoms with Crippen LogP contribution in [0.3, 0.4) is 0 Å².